The van der Waals surface area contributed by atoms with Gasteiger partial charge in [-0.2, -0.15) is 0 Å². The summed E-state index contributed by atoms with van der Waals surface area (Å²) < 4.78 is 2.04. The predicted octanol–water partition coefficient (Wildman–Crippen LogP) is 2.36. The lowest BCUT2D eigenvalue weighted by molar-refractivity contribution is -0.136. The Morgan fingerprint density at radius 1 is 1.29 bits per heavy atom. The first-order valence-corrected chi connectivity index (χ1v) is 10.3. The molecule has 1 amide bonds. The van der Waals surface area contributed by atoms with Gasteiger partial charge in [0.25, 0.3) is 0 Å². The van der Waals surface area contributed by atoms with Gasteiger partial charge in [-0.1, -0.05) is 13.3 Å². The molecule has 2 atom stereocenters. The number of nitrogens with zero attached hydrogens (tertiary/aromatic N) is 6. The third kappa shape index (κ3) is 3.81. The Kier molecular flexibility index (Phi) is 5.44. The van der Waals surface area contributed by atoms with Crippen molar-refractivity contribution in [3.05, 3.63) is 41.5 Å². The zero-order valence-corrected chi connectivity index (χ0v) is 17.1. The van der Waals surface area contributed by atoms with Crippen LogP contribution in [0.2, 0.25) is 0 Å². The number of hydrogen-bond acceptors (Lipinski definition) is 5. The standard InChI is InChI=1S/C21H30N6O/c1-15(13-26-11-8-22-16(26)2)21(28)27-10-7-18-17(14-27)12-23-20(24-18)19-6-4-5-9-25(19)3/h8,11-12,15,19H,4-7,9-10,13-14H2,1-3H3/t15-,19+/m1/s1. The topological polar surface area (TPSA) is 67.2 Å². The van der Waals surface area contributed by atoms with Crippen molar-refractivity contribution in [3.63, 3.8) is 0 Å². The highest BCUT2D eigenvalue weighted by Gasteiger charge is 2.28. The van der Waals surface area contributed by atoms with Crippen LogP contribution in [0.1, 0.15) is 55.1 Å². The van der Waals surface area contributed by atoms with Gasteiger partial charge < -0.3 is 9.47 Å². The van der Waals surface area contributed by atoms with Crippen molar-refractivity contribution < 1.29 is 4.79 Å². The Balaban J connectivity index is 1.43. The van der Waals surface area contributed by atoms with E-state index >= 15 is 0 Å². The second kappa shape index (κ2) is 7.99. The average Bonchev–Trinajstić information content (AvgIpc) is 3.11. The molecule has 0 N–H and O–H groups in total. The van der Waals surface area contributed by atoms with Crippen LogP contribution in [0.25, 0.3) is 0 Å². The van der Waals surface area contributed by atoms with E-state index in [2.05, 4.69) is 21.9 Å². The second-order valence-electron chi connectivity index (χ2n) is 8.23. The minimum Gasteiger partial charge on any atom is -0.338 e. The number of carbonyl (C=O) groups excluding carboxylic acids is 1. The van der Waals surface area contributed by atoms with Crippen molar-refractivity contribution in [3.8, 4) is 0 Å². The van der Waals surface area contributed by atoms with E-state index in [0.29, 0.717) is 19.1 Å². The summed E-state index contributed by atoms with van der Waals surface area (Å²) in [5.41, 5.74) is 2.21. The van der Waals surface area contributed by atoms with Gasteiger partial charge >= 0.3 is 0 Å². The number of rotatable bonds is 4. The lowest BCUT2D eigenvalue weighted by atomic mass is 10.0. The molecule has 150 valence electrons. The van der Waals surface area contributed by atoms with Crippen LogP contribution in [0.4, 0.5) is 0 Å². The van der Waals surface area contributed by atoms with E-state index in [1.807, 2.05) is 35.7 Å². The third-order valence-corrected chi connectivity index (χ3v) is 6.15. The molecule has 7 heteroatoms. The number of aryl methyl sites for hydroxylation is 1. The molecule has 0 saturated carbocycles. The van der Waals surface area contributed by atoms with Crippen molar-refractivity contribution >= 4 is 5.91 Å². The van der Waals surface area contributed by atoms with Gasteiger partial charge in [0.05, 0.1) is 17.7 Å². The Hall–Kier alpha value is -2.28. The highest BCUT2D eigenvalue weighted by Crippen LogP contribution is 2.28. The quantitative estimate of drug-likeness (QED) is 0.812. The van der Waals surface area contributed by atoms with Crippen molar-refractivity contribution in [1.29, 1.82) is 0 Å². The molecule has 2 aromatic rings. The number of amides is 1. The maximum atomic E-state index is 12.9. The fraction of sp³-hybridized carbons (Fsp3) is 0.619. The Morgan fingerprint density at radius 3 is 2.89 bits per heavy atom. The second-order valence-corrected chi connectivity index (χ2v) is 8.23. The largest absolute Gasteiger partial charge is 0.338 e. The number of fused-ring (bicyclic) bond motifs is 1. The summed E-state index contributed by atoms with van der Waals surface area (Å²) >= 11 is 0. The molecule has 0 aromatic carbocycles. The van der Waals surface area contributed by atoms with E-state index in [4.69, 9.17) is 4.98 Å². The molecular formula is C21H30N6O. The summed E-state index contributed by atoms with van der Waals surface area (Å²) in [6.45, 7) is 7.08. The first kappa shape index (κ1) is 19.1. The lowest BCUT2D eigenvalue weighted by Crippen LogP contribution is -2.41. The first-order valence-electron chi connectivity index (χ1n) is 10.3. The smallest absolute Gasteiger partial charge is 0.227 e. The van der Waals surface area contributed by atoms with E-state index in [1.165, 1.54) is 12.8 Å². The van der Waals surface area contributed by atoms with Crippen LogP contribution < -0.4 is 0 Å². The van der Waals surface area contributed by atoms with E-state index in [0.717, 1.165) is 48.8 Å². The van der Waals surface area contributed by atoms with Gasteiger partial charge in [-0.25, -0.2) is 15.0 Å². The van der Waals surface area contributed by atoms with Gasteiger partial charge in [0.2, 0.25) is 5.91 Å². The maximum Gasteiger partial charge on any atom is 0.227 e. The van der Waals surface area contributed by atoms with Crippen LogP contribution in [0.5, 0.6) is 0 Å². The molecule has 0 bridgehead atoms. The molecular weight excluding hydrogens is 352 g/mol. The third-order valence-electron chi connectivity index (χ3n) is 6.15. The summed E-state index contributed by atoms with van der Waals surface area (Å²) in [6.07, 6.45) is 10.1. The molecule has 1 saturated heterocycles. The fourth-order valence-electron chi connectivity index (χ4n) is 4.36. The first-order chi connectivity index (χ1) is 13.5. The molecule has 4 heterocycles. The van der Waals surface area contributed by atoms with Crippen LogP contribution in [0, 0.1) is 12.8 Å². The Morgan fingerprint density at radius 2 is 2.14 bits per heavy atom. The molecule has 0 spiro atoms. The van der Waals surface area contributed by atoms with Crippen molar-refractivity contribution in [2.45, 2.75) is 58.7 Å². The molecule has 1 fully saturated rings. The van der Waals surface area contributed by atoms with E-state index in [1.54, 1.807) is 6.20 Å². The van der Waals surface area contributed by atoms with Gasteiger partial charge in [-0.3, -0.25) is 9.69 Å². The van der Waals surface area contributed by atoms with E-state index in [9.17, 15) is 4.79 Å². The van der Waals surface area contributed by atoms with Crippen molar-refractivity contribution in [2.24, 2.45) is 5.92 Å². The number of piperidine rings is 1. The SMILES string of the molecule is Cc1nccn1C[C@@H](C)C(=O)N1CCc2nc([C@@H]3CCCCN3C)ncc2C1. The van der Waals surface area contributed by atoms with E-state index < -0.39 is 0 Å². The highest BCUT2D eigenvalue weighted by atomic mass is 16.2. The Labute approximate surface area is 166 Å². The number of aromatic nitrogens is 4. The molecule has 0 unspecified atom stereocenters. The van der Waals surface area contributed by atoms with E-state index in [-0.39, 0.29) is 11.8 Å². The van der Waals surface area contributed by atoms with Crippen LogP contribution >= 0.6 is 0 Å². The van der Waals surface area contributed by atoms with Crippen LogP contribution in [0.15, 0.2) is 18.6 Å². The van der Waals surface area contributed by atoms with Crippen molar-refractivity contribution in [1.82, 2.24) is 29.3 Å². The monoisotopic (exact) mass is 382 g/mol. The normalized spacial score (nSPS) is 21.4. The predicted molar refractivity (Wildman–Crippen MR) is 107 cm³/mol. The van der Waals surface area contributed by atoms with Crippen LogP contribution in [-0.4, -0.2) is 55.4 Å². The molecule has 28 heavy (non-hydrogen) atoms. The molecule has 2 aliphatic rings. The summed E-state index contributed by atoms with van der Waals surface area (Å²) in [6, 6.07) is 0.331. The summed E-state index contributed by atoms with van der Waals surface area (Å²) in [5.74, 6) is 2.00. The zero-order valence-electron chi connectivity index (χ0n) is 17.1. The lowest BCUT2D eigenvalue weighted by Gasteiger charge is -2.33. The summed E-state index contributed by atoms with van der Waals surface area (Å²) in [7, 11) is 2.16. The molecule has 2 aromatic heterocycles. The van der Waals surface area contributed by atoms with Crippen molar-refractivity contribution in [2.75, 3.05) is 20.1 Å². The minimum atomic E-state index is -0.0782. The van der Waals surface area contributed by atoms with Gasteiger partial charge in [0.1, 0.15) is 11.6 Å². The van der Waals surface area contributed by atoms with Gasteiger partial charge in [-0.15, -0.1) is 0 Å². The fourth-order valence-corrected chi connectivity index (χ4v) is 4.36. The summed E-state index contributed by atoms with van der Waals surface area (Å²) in [5, 5.41) is 0. The van der Waals surface area contributed by atoms with Crippen LogP contribution in [-0.2, 0) is 24.3 Å². The molecule has 4 rings (SSSR count). The zero-order chi connectivity index (χ0) is 19.7. The maximum absolute atomic E-state index is 12.9. The minimum absolute atomic E-state index is 0.0782. The number of imidazole rings is 1. The highest BCUT2D eigenvalue weighted by molar-refractivity contribution is 5.78. The van der Waals surface area contributed by atoms with Gasteiger partial charge in [0.15, 0.2) is 0 Å². The number of carbonyl (C=O) groups is 1. The van der Waals surface area contributed by atoms with Gasteiger partial charge in [-0.05, 0) is 33.4 Å². The average molecular weight is 383 g/mol. The molecule has 0 aliphatic carbocycles. The number of hydrogen-bond donors (Lipinski definition) is 0. The Bertz CT molecular complexity index is 847. The summed E-state index contributed by atoms with van der Waals surface area (Å²) in [4.78, 5) is 31.1. The molecule has 2 aliphatic heterocycles. The van der Waals surface area contributed by atoms with Crippen LogP contribution in [0.3, 0.4) is 0 Å². The molecule has 0 radical (unpaired) electrons. The number of likely N-dealkylation sites (tertiary alicyclic amines) is 1. The molecule has 7 nitrogen and oxygen atoms in total. The van der Waals surface area contributed by atoms with Gasteiger partial charge in [0, 0.05) is 50.2 Å².